The molecule has 45 heavy (non-hydrogen) atoms. The first kappa shape index (κ1) is 25.8. The molecule has 4 nitrogen and oxygen atoms in total. The molecule has 0 amide bonds. The first-order chi connectivity index (χ1) is 22.3. The van der Waals surface area contributed by atoms with E-state index in [1.54, 1.807) is 0 Å². The van der Waals surface area contributed by atoms with E-state index in [0.29, 0.717) is 0 Å². The zero-order chi connectivity index (χ0) is 29.7. The van der Waals surface area contributed by atoms with Crippen LogP contribution in [0.4, 0.5) is 0 Å². The van der Waals surface area contributed by atoms with Crippen LogP contribution in [0.1, 0.15) is 29.0 Å². The van der Waals surface area contributed by atoms with Crippen molar-refractivity contribution in [3.63, 3.8) is 0 Å². The minimum absolute atomic E-state index is 0.173. The molecule has 1 aromatic heterocycles. The Bertz CT molecular complexity index is 2410. The molecule has 0 aliphatic carbocycles. The standard InChI is InChI=1S/C41H29N3O/c1-2-12-26(13-3-1)39-42-40(44-41(43-39)35-25-28-14-4-5-17-30(28)32-18-6-7-19-33(32)35)29-16-10-15-27(24-29)31-21-11-23-37-38(31)34-20-8-9-22-36(34)45-37/h1-25,39-40,42H,(H,43,44). The van der Waals surface area contributed by atoms with Crippen molar-refractivity contribution in [3.8, 4) is 11.1 Å². The highest BCUT2D eigenvalue weighted by molar-refractivity contribution is 6.18. The summed E-state index contributed by atoms with van der Waals surface area (Å²) in [4.78, 5) is 5.29. The number of para-hydroxylation sites is 1. The zero-order valence-corrected chi connectivity index (χ0v) is 24.4. The molecular formula is C41H29N3O. The Morgan fingerprint density at radius 3 is 2.09 bits per heavy atom. The van der Waals surface area contributed by atoms with Crippen molar-refractivity contribution in [1.29, 1.82) is 0 Å². The quantitative estimate of drug-likeness (QED) is 0.204. The van der Waals surface area contributed by atoms with Gasteiger partial charge in [-0.1, -0.05) is 127 Å². The van der Waals surface area contributed by atoms with Gasteiger partial charge in [-0.3, -0.25) is 5.32 Å². The maximum absolute atomic E-state index is 6.21. The van der Waals surface area contributed by atoms with E-state index in [0.717, 1.165) is 55.6 Å². The average Bonchev–Trinajstić information content (AvgIpc) is 3.51. The van der Waals surface area contributed by atoms with Gasteiger partial charge in [0.05, 0.1) is 0 Å². The van der Waals surface area contributed by atoms with Gasteiger partial charge in [0, 0.05) is 16.3 Å². The van der Waals surface area contributed by atoms with Gasteiger partial charge < -0.3 is 9.73 Å². The van der Waals surface area contributed by atoms with Crippen LogP contribution in [-0.2, 0) is 0 Å². The van der Waals surface area contributed by atoms with Gasteiger partial charge in [-0.25, -0.2) is 4.99 Å². The first-order valence-electron chi connectivity index (χ1n) is 15.4. The summed E-state index contributed by atoms with van der Waals surface area (Å²) in [7, 11) is 0. The summed E-state index contributed by atoms with van der Waals surface area (Å²) in [5.41, 5.74) is 7.46. The lowest BCUT2D eigenvalue weighted by atomic mass is 9.95. The fourth-order valence-corrected chi connectivity index (χ4v) is 6.82. The van der Waals surface area contributed by atoms with Crippen molar-refractivity contribution >= 4 is 49.3 Å². The second-order valence-corrected chi connectivity index (χ2v) is 11.6. The first-order valence-corrected chi connectivity index (χ1v) is 15.4. The number of amidine groups is 1. The van der Waals surface area contributed by atoms with Crippen LogP contribution in [0.15, 0.2) is 161 Å². The van der Waals surface area contributed by atoms with Crippen molar-refractivity contribution < 1.29 is 4.42 Å². The number of benzene rings is 7. The summed E-state index contributed by atoms with van der Waals surface area (Å²) in [6.07, 6.45) is -0.393. The highest BCUT2D eigenvalue weighted by Gasteiger charge is 2.27. The van der Waals surface area contributed by atoms with Crippen molar-refractivity contribution in [2.75, 3.05) is 0 Å². The van der Waals surface area contributed by atoms with Crippen molar-refractivity contribution in [2.24, 2.45) is 4.99 Å². The minimum Gasteiger partial charge on any atom is -0.456 e. The number of furan rings is 1. The fourth-order valence-electron chi connectivity index (χ4n) is 6.82. The molecule has 0 fully saturated rings. The molecule has 1 aliphatic heterocycles. The molecule has 2 atom stereocenters. The van der Waals surface area contributed by atoms with E-state index in [2.05, 4.69) is 138 Å². The largest absolute Gasteiger partial charge is 0.456 e. The molecule has 2 unspecified atom stereocenters. The van der Waals surface area contributed by atoms with Crippen LogP contribution in [0, 0.1) is 0 Å². The molecule has 0 saturated carbocycles. The number of fused-ring (bicyclic) bond motifs is 6. The van der Waals surface area contributed by atoms with Crippen molar-refractivity contribution in [3.05, 3.63) is 168 Å². The highest BCUT2D eigenvalue weighted by atomic mass is 16.3. The zero-order valence-electron chi connectivity index (χ0n) is 24.4. The van der Waals surface area contributed by atoms with E-state index in [9.17, 15) is 0 Å². The van der Waals surface area contributed by atoms with Crippen LogP contribution in [-0.4, -0.2) is 5.84 Å². The third kappa shape index (κ3) is 4.38. The maximum Gasteiger partial charge on any atom is 0.136 e. The smallest absolute Gasteiger partial charge is 0.136 e. The third-order valence-electron chi connectivity index (χ3n) is 8.94. The molecule has 9 rings (SSSR count). The van der Waals surface area contributed by atoms with E-state index in [1.165, 1.54) is 21.5 Å². The third-order valence-corrected chi connectivity index (χ3v) is 8.94. The maximum atomic E-state index is 6.21. The average molecular weight is 580 g/mol. The number of hydrogen-bond donors (Lipinski definition) is 2. The topological polar surface area (TPSA) is 49.6 Å². The highest BCUT2D eigenvalue weighted by Crippen LogP contribution is 2.38. The Morgan fingerprint density at radius 2 is 1.20 bits per heavy atom. The van der Waals surface area contributed by atoms with E-state index in [4.69, 9.17) is 9.41 Å². The Morgan fingerprint density at radius 1 is 0.511 bits per heavy atom. The fraction of sp³-hybridized carbons (Fsp3) is 0.0488. The van der Waals surface area contributed by atoms with Crippen LogP contribution in [0.2, 0.25) is 0 Å². The van der Waals surface area contributed by atoms with Crippen LogP contribution >= 0.6 is 0 Å². The van der Waals surface area contributed by atoms with Gasteiger partial charge in [-0.2, -0.15) is 0 Å². The van der Waals surface area contributed by atoms with Gasteiger partial charge in [0.15, 0.2) is 0 Å². The lowest BCUT2D eigenvalue weighted by Crippen LogP contribution is -2.45. The van der Waals surface area contributed by atoms with E-state index >= 15 is 0 Å². The molecule has 0 spiro atoms. The summed E-state index contributed by atoms with van der Waals surface area (Å²) in [6, 6.07) is 53.3. The van der Waals surface area contributed by atoms with E-state index < -0.39 is 0 Å². The molecule has 1 aliphatic rings. The van der Waals surface area contributed by atoms with Crippen LogP contribution in [0.5, 0.6) is 0 Å². The summed E-state index contributed by atoms with van der Waals surface area (Å²) in [5.74, 6) is 0.878. The molecule has 0 radical (unpaired) electrons. The molecular weight excluding hydrogens is 550 g/mol. The minimum atomic E-state index is -0.220. The molecule has 8 aromatic rings. The van der Waals surface area contributed by atoms with Gasteiger partial charge >= 0.3 is 0 Å². The van der Waals surface area contributed by atoms with Crippen LogP contribution < -0.4 is 10.6 Å². The SMILES string of the molecule is c1ccc(C2N=C(c3cc4ccccc4c4ccccc34)NC(c3cccc(-c4cccc5oc6ccccc6c45)c3)N2)cc1. The van der Waals surface area contributed by atoms with Crippen LogP contribution in [0.25, 0.3) is 54.6 Å². The molecule has 0 saturated heterocycles. The molecule has 2 N–H and O–H groups in total. The number of nitrogens with zero attached hydrogens (tertiary/aromatic N) is 1. The second-order valence-electron chi connectivity index (χ2n) is 11.6. The van der Waals surface area contributed by atoms with Gasteiger partial charge in [0.1, 0.15) is 29.3 Å². The summed E-state index contributed by atoms with van der Waals surface area (Å²) in [6.45, 7) is 0. The predicted molar refractivity (Wildman–Crippen MR) is 185 cm³/mol. The van der Waals surface area contributed by atoms with Crippen LogP contribution in [0.3, 0.4) is 0 Å². The van der Waals surface area contributed by atoms with Gasteiger partial charge in [0.25, 0.3) is 0 Å². The van der Waals surface area contributed by atoms with Crippen molar-refractivity contribution in [1.82, 2.24) is 10.6 Å². The Balaban J connectivity index is 1.19. The Hall–Kier alpha value is -5.71. The molecule has 4 heteroatoms. The summed E-state index contributed by atoms with van der Waals surface area (Å²) >= 11 is 0. The number of hydrogen-bond acceptors (Lipinski definition) is 4. The lowest BCUT2D eigenvalue weighted by molar-refractivity contribution is 0.409. The summed E-state index contributed by atoms with van der Waals surface area (Å²) < 4.78 is 6.21. The van der Waals surface area contributed by atoms with E-state index in [1.807, 2.05) is 24.3 Å². The Kier molecular flexibility index (Phi) is 6.00. The molecule has 214 valence electrons. The molecule has 7 aromatic carbocycles. The predicted octanol–water partition coefficient (Wildman–Crippen LogP) is 9.90. The molecule has 2 heterocycles. The van der Waals surface area contributed by atoms with Crippen molar-refractivity contribution in [2.45, 2.75) is 12.3 Å². The number of nitrogens with one attached hydrogen (secondary N) is 2. The van der Waals surface area contributed by atoms with Gasteiger partial charge in [0.2, 0.25) is 0 Å². The van der Waals surface area contributed by atoms with Gasteiger partial charge in [-0.05, 0) is 68.1 Å². The van der Waals surface area contributed by atoms with Gasteiger partial charge in [-0.15, -0.1) is 0 Å². The molecule has 0 bridgehead atoms. The normalized spacial score (nSPS) is 16.7. The second kappa shape index (κ2) is 10.5. The summed E-state index contributed by atoms with van der Waals surface area (Å²) in [5, 5.41) is 14.7. The Labute approximate surface area is 260 Å². The lowest BCUT2D eigenvalue weighted by Gasteiger charge is -2.33. The number of aliphatic imine (C=N–C) groups is 1. The monoisotopic (exact) mass is 579 g/mol. The van der Waals surface area contributed by atoms with E-state index in [-0.39, 0.29) is 12.3 Å². The number of rotatable bonds is 4.